The van der Waals surface area contributed by atoms with Crippen LogP contribution in [0.4, 0.5) is 0 Å². The molecular weight excluding hydrogens is 250 g/mol. The van der Waals surface area contributed by atoms with Gasteiger partial charge in [-0.25, -0.2) is 0 Å². The molecule has 1 spiro atoms. The molecule has 0 atom stereocenters. The van der Waals surface area contributed by atoms with Crippen LogP contribution in [0.15, 0.2) is 30.3 Å². The zero-order chi connectivity index (χ0) is 13.8. The molecule has 1 saturated heterocycles. The summed E-state index contributed by atoms with van der Waals surface area (Å²) >= 11 is 0. The Morgan fingerprint density at radius 3 is 2.50 bits per heavy atom. The molecule has 1 saturated carbocycles. The summed E-state index contributed by atoms with van der Waals surface area (Å²) < 4.78 is 10.7. The summed E-state index contributed by atoms with van der Waals surface area (Å²) in [6.45, 7) is 4.07. The van der Waals surface area contributed by atoms with E-state index in [4.69, 9.17) is 9.47 Å². The molecule has 1 heterocycles. The summed E-state index contributed by atoms with van der Waals surface area (Å²) in [4.78, 5) is 2.58. The molecule has 2 fully saturated rings. The van der Waals surface area contributed by atoms with Crippen LogP contribution in [0.3, 0.4) is 0 Å². The zero-order valence-corrected chi connectivity index (χ0v) is 12.4. The fourth-order valence-corrected chi connectivity index (χ4v) is 3.71. The molecule has 3 nitrogen and oxygen atoms in total. The minimum absolute atomic E-state index is 0.420. The van der Waals surface area contributed by atoms with Crippen molar-refractivity contribution in [2.24, 2.45) is 5.41 Å². The number of hydrogen-bond donors (Lipinski definition) is 0. The molecular formula is C17H25NO2. The van der Waals surface area contributed by atoms with Crippen LogP contribution in [0.25, 0.3) is 0 Å². The van der Waals surface area contributed by atoms with Crippen molar-refractivity contribution in [1.82, 2.24) is 4.90 Å². The monoisotopic (exact) mass is 275 g/mol. The summed E-state index contributed by atoms with van der Waals surface area (Å²) in [5.41, 5.74) is 2.02. The highest BCUT2D eigenvalue weighted by atomic mass is 16.7. The van der Waals surface area contributed by atoms with Crippen LogP contribution >= 0.6 is 0 Å². The van der Waals surface area contributed by atoms with E-state index < -0.39 is 0 Å². The summed E-state index contributed by atoms with van der Waals surface area (Å²) in [5, 5.41) is 0. The van der Waals surface area contributed by atoms with Crippen LogP contribution < -0.4 is 0 Å². The van der Waals surface area contributed by atoms with E-state index >= 15 is 0 Å². The lowest BCUT2D eigenvalue weighted by molar-refractivity contribution is -0.115. The Morgan fingerprint density at radius 2 is 1.85 bits per heavy atom. The van der Waals surface area contributed by atoms with Gasteiger partial charge in [0.15, 0.2) is 0 Å². The first-order valence-electron chi connectivity index (χ1n) is 7.66. The van der Waals surface area contributed by atoms with Gasteiger partial charge in [-0.15, -0.1) is 0 Å². The first-order chi connectivity index (χ1) is 9.80. The molecule has 0 amide bonds. The third-order valence-corrected chi connectivity index (χ3v) is 4.78. The predicted molar refractivity (Wildman–Crippen MR) is 79.4 cm³/mol. The van der Waals surface area contributed by atoms with Gasteiger partial charge in [-0.1, -0.05) is 30.3 Å². The second-order valence-electron chi connectivity index (χ2n) is 6.40. The van der Waals surface area contributed by atoms with Crippen LogP contribution in [-0.4, -0.2) is 38.0 Å². The van der Waals surface area contributed by atoms with E-state index in [1.165, 1.54) is 44.3 Å². The van der Waals surface area contributed by atoms with E-state index in [1.54, 1.807) is 7.11 Å². The van der Waals surface area contributed by atoms with Crippen molar-refractivity contribution in [1.29, 1.82) is 0 Å². The quantitative estimate of drug-likeness (QED) is 0.771. The highest BCUT2D eigenvalue weighted by molar-refractivity contribution is 5.15. The molecule has 0 unspecified atom stereocenters. The number of methoxy groups -OCH3 is 1. The van der Waals surface area contributed by atoms with Gasteiger partial charge in [0.25, 0.3) is 0 Å². The Labute approximate surface area is 121 Å². The third kappa shape index (κ3) is 3.22. The molecule has 2 aliphatic rings. The molecule has 1 aliphatic heterocycles. The van der Waals surface area contributed by atoms with Crippen LogP contribution in [0.1, 0.15) is 31.2 Å². The van der Waals surface area contributed by atoms with Crippen LogP contribution in [0.5, 0.6) is 0 Å². The highest BCUT2D eigenvalue weighted by Gasteiger charge is 2.44. The number of hydrogen-bond acceptors (Lipinski definition) is 3. The largest absolute Gasteiger partial charge is 0.359 e. The molecule has 1 aliphatic carbocycles. The van der Waals surface area contributed by atoms with Gasteiger partial charge in [0.1, 0.15) is 6.79 Å². The van der Waals surface area contributed by atoms with Gasteiger partial charge in [-0.2, -0.15) is 0 Å². The number of ether oxygens (including phenoxy) is 2. The maximum absolute atomic E-state index is 5.68. The normalized spacial score (nSPS) is 22.9. The first-order valence-corrected chi connectivity index (χ1v) is 7.66. The van der Waals surface area contributed by atoms with E-state index in [-0.39, 0.29) is 0 Å². The molecule has 1 aromatic rings. The Hall–Kier alpha value is -0.900. The summed E-state index contributed by atoms with van der Waals surface area (Å²) in [6.07, 6.45) is 5.44. The lowest BCUT2D eigenvalue weighted by atomic mass is 9.68. The van der Waals surface area contributed by atoms with Crippen LogP contribution in [-0.2, 0) is 16.0 Å². The topological polar surface area (TPSA) is 21.7 Å². The summed E-state index contributed by atoms with van der Waals surface area (Å²) in [7, 11) is 1.69. The minimum atomic E-state index is 0.420. The maximum Gasteiger partial charge on any atom is 0.146 e. The number of likely N-dealkylation sites (tertiary alicyclic amines) is 1. The van der Waals surface area contributed by atoms with Gasteiger partial charge in [0.2, 0.25) is 0 Å². The molecule has 3 heteroatoms. The third-order valence-electron chi connectivity index (χ3n) is 4.78. The Kier molecular flexibility index (Phi) is 4.39. The van der Waals surface area contributed by atoms with E-state index in [0.717, 1.165) is 6.54 Å². The molecule has 3 rings (SSSR count). The average molecular weight is 275 g/mol. The smallest absolute Gasteiger partial charge is 0.146 e. The van der Waals surface area contributed by atoms with Crippen molar-refractivity contribution in [2.45, 2.75) is 38.3 Å². The van der Waals surface area contributed by atoms with Gasteiger partial charge in [-0.05, 0) is 36.7 Å². The summed E-state index contributed by atoms with van der Waals surface area (Å²) in [5.74, 6) is 0. The van der Waals surface area contributed by atoms with Crippen molar-refractivity contribution >= 4 is 0 Å². The van der Waals surface area contributed by atoms with Gasteiger partial charge < -0.3 is 9.47 Å². The van der Waals surface area contributed by atoms with Crippen LogP contribution in [0.2, 0.25) is 0 Å². The van der Waals surface area contributed by atoms with Crippen molar-refractivity contribution in [3.05, 3.63) is 35.9 Å². The van der Waals surface area contributed by atoms with E-state index in [1.807, 2.05) is 0 Å². The fraction of sp³-hybridized carbons (Fsp3) is 0.647. The molecule has 0 N–H and O–H groups in total. The molecule has 20 heavy (non-hydrogen) atoms. The number of benzene rings is 1. The van der Waals surface area contributed by atoms with Crippen molar-refractivity contribution in [3.63, 3.8) is 0 Å². The number of nitrogens with zero attached hydrogens (tertiary/aromatic N) is 1. The van der Waals surface area contributed by atoms with Crippen molar-refractivity contribution in [3.8, 4) is 0 Å². The molecule has 0 bridgehead atoms. The van der Waals surface area contributed by atoms with Gasteiger partial charge in [0, 0.05) is 26.7 Å². The van der Waals surface area contributed by atoms with Gasteiger partial charge in [-0.3, -0.25) is 4.90 Å². The van der Waals surface area contributed by atoms with Crippen molar-refractivity contribution < 1.29 is 9.47 Å². The predicted octanol–water partition coefficient (Wildman–Crippen LogP) is 3.05. The van der Waals surface area contributed by atoms with E-state index in [2.05, 4.69) is 35.2 Å². The Morgan fingerprint density at radius 1 is 1.15 bits per heavy atom. The molecule has 1 aromatic carbocycles. The first kappa shape index (κ1) is 14.1. The molecule has 0 aromatic heterocycles. The lowest BCUT2D eigenvalue weighted by Gasteiger charge is -2.53. The van der Waals surface area contributed by atoms with E-state index in [9.17, 15) is 0 Å². The zero-order valence-electron chi connectivity index (χ0n) is 12.4. The molecule has 110 valence electrons. The number of rotatable bonds is 5. The summed E-state index contributed by atoms with van der Waals surface area (Å²) in [6, 6.07) is 10.8. The second-order valence-corrected chi connectivity index (χ2v) is 6.40. The van der Waals surface area contributed by atoms with Gasteiger partial charge in [0.05, 0.1) is 6.10 Å². The SMILES string of the molecule is COCOC1CCC2(CC1)CN(Cc1ccccc1)C2. The fourth-order valence-electron chi connectivity index (χ4n) is 3.71. The molecule has 0 radical (unpaired) electrons. The van der Waals surface area contributed by atoms with Crippen LogP contribution in [0, 0.1) is 5.41 Å². The second kappa shape index (κ2) is 6.25. The highest BCUT2D eigenvalue weighted by Crippen LogP contribution is 2.44. The Bertz CT molecular complexity index is 404. The Balaban J connectivity index is 1.42. The minimum Gasteiger partial charge on any atom is -0.359 e. The average Bonchev–Trinajstić information content (AvgIpc) is 2.46. The van der Waals surface area contributed by atoms with E-state index in [0.29, 0.717) is 18.3 Å². The van der Waals surface area contributed by atoms with Gasteiger partial charge >= 0.3 is 0 Å². The lowest BCUT2D eigenvalue weighted by Crippen LogP contribution is -2.57. The standard InChI is InChI=1S/C17H25NO2/c1-19-14-20-16-7-9-17(10-8-16)12-18(13-17)11-15-5-3-2-4-6-15/h2-6,16H,7-14H2,1H3. The maximum atomic E-state index is 5.68. The van der Waals surface area contributed by atoms with Crippen molar-refractivity contribution in [2.75, 3.05) is 27.0 Å².